The number of oxazole rings is 1. The lowest BCUT2D eigenvalue weighted by Gasteiger charge is -2.07. The molecule has 0 fully saturated rings. The molecule has 0 aliphatic rings. The van der Waals surface area contributed by atoms with Crippen LogP contribution in [0.15, 0.2) is 91.4 Å². The van der Waals surface area contributed by atoms with Crippen LogP contribution in [-0.4, -0.2) is 14.7 Å². The smallest absolute Gasteiger partial charge is 0.440 e. The Morgan fingerprint density at radius 1 is 1.15 bits per heavy atom. The summed E-state index contributed by atoms with van der Waals surface area (Å²) in [6.45, 7) is 4.30. The Balaban J connectivity index is 1.39. The fraction of sp³-hybridized carbons (Fsp3) is 0.160. The summed E-state index contributed by atoms with van der Waals surface area (Å²) in [5.74, 6) is 1.25. The Hall–Kier alpha value is -4.33. The highest BCUT2D eigenvalue weighted by Gasteiger charge is 2.12. The monoisotopic (exact) mass is 445 g/mol. The molecule has 0 spiro atoms. The van der Waals surface area contributed by atoms with Gasteiger partial charge in [-0.3, -0.25) is 0 Å². The summed E-state index contributed by atoms with van der Waals surface area (Å²) in [5.41, 5.74) is 3.09. The highest BCUT2D eigenvalue weighted by Crippen LogP contribution is 2.24. The fourth-order valence-corrected chi connectivity index (χ4v) is 3.15. The average Bonchev–Trinajstić information content (AvgIpc) is 3.36. The summed E-state index contributed by atoms with van der Waals surface area (Å²) < 4.78 is 17.4. The molecule has 8 heteroatoms. The van der Waals surface area contributed by atoms with E-state index >= 15 is 0 Å². The lowest BCUT2D eigenvalue weighted by Crippen LogP contribution is -2.15. The van der Waals surface area contributed by atoms with Crippen LogP contribution in [0.25, 0.3) is 17.0 Å². The van der Waals surface area contributed by atoms with Gasteiger partial charge >= 0.3 is 11.4 Å². The van der Waals surface area contributed by atoms with Crippen molar-refractivity contribution in [1.82, 2.24) is 14.7 Å². The maximum Gasteiger partial charge on any atom is 0.440 e. The molecular weight excluding hydrogens is 422 g/mol. The van der Waals surface area contributed by atoms with Gasteiger partial charge in [-0.15, -0.1) is 4.74 Å². The number of rotatable bonds is 8. The molecule has 0 saturated heterocycles. The Labute approximate surface area is 189 Å². The summed E-state index contributed by atoms with van der Waals surface area (Å²) >= 11 is 0. The number of hydrogen-bond donors (Lipinski definition) is 1. The van der Waals surface area contributed by atoms with Gasteiger partial charge in [-0.1, -0.05) is 48.6 Å². The first kappa shape index (κ1) is 21.9. The molecule has 8 nitrogen and oxygen atoms in total. The number of nitrogens with zero attached hydrogens (tertiary/aromatic N) is 2. The van der Waals surface area contributed by atoms with Crippen LogP contribution in [0.5, 0.6) is 5.75 Å². The Bertz CT molecular complexity index is 1400. The van der Waals surface area contributed by atoms with E-state index in [0.29, 0.717) is 18.2 Å². The summed E-state index contributed by atoms with van der Waals surface area (Å²) in [7, 11) is 0. The van der Waals surface area contributed by atoms with Crippen LogP contribution in [0, 0.1) is 6.92 Å². The zero-order valence-electron chi connectivity index (χ0n) is 18.3. The van der Waals surface area contributed by atoms with E-state index in [2.05, 4.69) is 4.98 Å². The lowest BCUT2D eigenvalue weighted by atomic mass is 10.1. The Morgan fingerprint density at radius 2 is 1.97 bits per heavy atom. The first-order chi connectivity index (χ1) is 16.0. The second-order valence-corrected chi connectivity index (χ2v) is 7.35. The van der Waals surface area contributed by atoms with Crippen molar-refractivity contribution in [3.63, 3.8) is 0 Å². The van der Waals surface area contributed by atoms with E-state index in [1.165, 1.54) is 0 Å². The van der Waals surface area contributed by atoms with E-state index in [9.17, 15) is 9.59 Å². The molecule has 0 amide bonds. The lowest BCUT2D eigenvalue weighted by molar-refractivity contribution is 0.260. The first-order valence-corrected chi connectivity index (χ1v) is 10.4. The van der Waals surface area contributed by atoms with Crippen LogP contribution in [-0.2, 0) is 13.2 Å². The average molecular weight is 445 g/mol. The van der Waals surface area contributed by atoms with Crippen molar-refractivity contribution in [2.75, 3.05) is 0 Å². The zero-order valence-corrected chi connectivity index (χ0v) is 18.3. The number of ether oxygens (including phenoxy) is 1. The molecule has 2 aromatic carbocycles. The topological polar surface area (TPSA) is 103 Å². The van der Waals surface area contributed by atoms with Gasteiger partial charge in [0.25, 0.3) is 0 Å². The van der Waals surface area contributed by atoms with E-state index in [4.69, 9.17) is 13.7 Å². The maximum absolute atomic E-state index is 11.4. The summed E-state index contributed by atoms with van der Waals surface area (Å²) in [6, 6.07) is 17.5. The number of hydrogen-bond acceptors (Lipinski definition) is 6. The predicted molar refractivity (Wildman–Crippen MR) is 124 cm³/mol. The van der Waals surface area contributed by atoms with Crippen LogP contribution in [0.4, 0.5) is 0 Å². The summed E-state index contributed by atoms with van der Waals surface area (Å²) in [6.07, 6.45) is 5.43. The van der Waals surface area contributed by atoms with Gasteiger partial charge in [0, 0.05) is 5.56 Å². The molecular formula is C25H23N3O5. The van der Waals surface area contributed by atoms with Crippen molar-refractivity contribution in [3.05, 3.63) is 111 Å². The number of benzene rings is 2. The van der Waals surface area contributed by atoms with Crippen LogP contribution in [0.3, 0.4) is 0 Å². The van der Waals surface area contributed by atoms with Gasteiger partial charge in [0.15, 0.2) is 0 Å². The normalized spacial score (nSPS) is 11.9. The Morgan fingerprint density at radius 3 is 2.73 bits per heavy atom. The third-order valence-corrected chi connectivity index (χ3v) is 4.96. The van der Waals surface area contributed by atoms with Crippen molar-refractivity contribution in [1.29, 1.82) is 0 Å². The van der Waals surface area contributed by atoms with Gasteiger partial charge < -0.3 is 13.7 Å². The number of H-pyrrole nitrogens is 1. The van der Waals surface area contributed by atoms with Gasteiger partial charge in [0.1, 0.15) is 23.8 Å². The molecule has 0 bridgehead atoms. The molecule has 4 aromatic rings. The highest BCUT2D eigenvalue weighted by atomic mass is 16.5. The molecule has 0 atom stereocenters. The number of aryl methyl sites for hydroxylation is 1. The third kappa shape index (κ3) is 5.48. The number of aromatic amines is 1. The van der Waals surface area contributed by atoms with Crippen LogP contribution in [0.1, 0.15) is 23.9 Å². The van der Waals surface area contributed by atoms with Gasteiger partial charge in [-0.25, -0.2) is 19.6 Å². The molecule has 0 aliphatic carbocycles. The Kier molecular flexibility index (Phi) is 6.54. The molecule has 0 unspecified atom stereocenters. The molecule has 4 rings (SSSR count). The molecule has 1 N–H and O–H groups in total. The molecule has 168 valence electrons. The molecule has 0 aliphatic heterocycles. The number of aromatic nitrogens is 3. The number of nitrogens with one attached hydrogen (secondary N) is 1. The minimum Gasteiger partial charge on any atom is -0.487 e. The van der Waals surface area contributed by atoms with E-state index in [1.54, 1.807) is 12.2 Å². The van der Waals surface area contributed by atoms with Crippen LogP contribution in [0.2, 0.25) is 0 Å². The van der Waals surface area contributed by atoms with Crippen molar-refractivity contribution in [2.24, 2.45) is 0 Å². The van der Waals surface area contributed by atoms with Gasteiger partial charge in [0.2, 0.25) is 5.89 Å². The molecule has 0 radical (unpaired) electrons. The van der Waals surface area contributed by atoms with Gasteiger partial charge in [0.05, 0.1) is 6.54 Å². The predicted octanol–water partition coefficient (Wildman–Crippen LogP) is 4.33. The highest BCUT2D eigenvalue weighted by molar-refractivity contribution is 5.66. The minimum absolute atomic E-state index is 0.159. The SMILES string of the molecule is C/C(=C\C=C\Cn1oc(=O)[nH]c1=O)c1cccc(OCc2nc(-c3ccccc3)oc2C)c1. The van der Waals surface area contributed by atoms with Gasteiger partial charge in [-0.05, 0) is 49.2 Å². The molecule has 2 aromatic heterocycles. The fourth-order valence-electron chi connectivity index (χ4n) is 3.15. The molecule has 33 heavy (non-hydrogen) atoms. The zero-order chi connectivity index (χ0) is 23.2. The van der Waals surface area contributed by atoms with Crippen molar-refractivity contribution >= 4 is 5.57 Å². The van der Waals surface area contributed by atoms with Crippen molar-refractivity contribution in [2.45, 2.75) is 27.0 Å². The van der Waals surface area contributed by atoms with Gasteiger partial charge in [-0.2, -0.15) is 0 Å². The van der Waals surface area contributed by atoms with E-state index in [0.717, 1.165) is 32.9 Å². The summed E-state index contributed by atoms with van der Waals surface area (Å²) in [5, 5.41) is 0. The standard InChI is InChI=1S/C25H23N3O5/c1-17(9-6-7-14-28-24(29)27-25(30)33-28)20-12-8-13-21(15-20)31-16-22-18(2)32-23(26-22)19-10-4-3-5-11-19/h3-13,15H,14,16H2,1-2H3,(H,27,29,30)/b7-6+,17-9+. The second-order valence-electron chi connectivity index (χ2n) is 7.35. The number of allylic oxidation sites excluding steroid dienone is 4. The minimum atomic E-state index is -0.769. The van der Waals surface area contributed by atoms with Crippen molar-refractivity contribution in [3.8, 4) is 17.2 Å². The second kappa shape index (κ2) is 9.86. The van der Waals surface area contributed by atoms with E-state index in [-0.39, 0.29) is 6.54 Å². The van der Waals surface area contributed by atoms with Crippen LogP contribution < -0.4 is 16.2 Å². The maximum atomic E-state index is 11.4. The van der Waals surface area contributed by atoms with E-state index < -0.39 is 11.4 Å². The van der Waals surface area contributed by atoms with E-state index in [1.807, 2.05) is 79.5 Å². The third-order valence-electron chi connectivity index (χ3n) is 4.96. The molecule has 0 saturated carbocycles. The molecule has 2 heterocycles. The summed E-state index contributed by atoms with van der Waals surface area (Å²) in [4.78, 5) is 29.0. The van der Waals surface area contributed by atoms with Crippen LogP contribution >= 0.6 is 0 Å². The largest absolute Gasteiger partial charge is 0.487 e. The quantitative estimate of drug-likeness (QED) is 0.405. The van der Waals surface area contributed by atoms with Crippen molar-refractivity contribution < 1.29 is 13.7 Å². The first-order valence-electron chi connectivity index (χ1n) is 10.4.